The highest BCUT2D eigenvalue weighted by Gasteiger charge is 2.11. The molecule has 3 N–H and O–H groups in total. The summed E-state index contributed by atoms with van der Waals surface area (Å²) >= 11 is 0. The zero-order valence-electron chi connectivity index (χ0n) is 12.3. The average Bonchev–Trinajstić information content (AvgIpc) is 2.90. The number of aromatic amines is 1. The Morgan fingerprint density at radius 1 is 1.43 bits per heavy atom. The second-order valence-electron chi connectivity index (χ2n) is 5.12. The Bertz CT molecular complexity index is 580. The van der Waals surface area contributed by atoms with Gasteiger partial charge in [-0.05, 0) is 24.5 Å². The number of methoxy groups -OCH3 is 1. The van der Waals surface area contributed by atoms with Crippen molar-refractivity contribution in [2.24, 2.45) is 0 Å². The summed E-state index contributed by atoms with van der Waals surface area (Å²) in [6.45, 7) is 0.215. The molecular formula is C16H22N2O3. The van der Waals surface area contributed by atoms with Gasteiger partial charge in [-0.25, -0.2) is 0 Å². The molecule has 0 fully saturated rings. The van der Waals surface area contributed by atoms with Crippen LogP contribution in [0.1, 0.15) is 18.4 Å². The third-order valence-corrected chi connectivity index (χ3v) is 3.48. The molecule has 5 nitrogen and oxygen atoms in total. The Hall–Kier alpha value is -1.85. The van der Waals surface area contributed by atoms with Crippen LogP contribution in [0.3, 0.4) is 0 Å². The third-order valence-electron chi connectivity index (χ3n) is 3.48. The van der Waals surface area contributed by atoms with Crippen LogP contribution in [0, 0.1) is 0 Å². The number of nitrogens with one attached hydrogen (secondary N) is 2. The van der Waals surface area contributed by atoms with Crippen LogP contribution >= 0.6 is 0 Å². The molecule has 1 atom stereocenters. The second-order valence-corrected chi connectivity index (χ2v) is 5.12. The van der Waals surface area contributed by atoms with E-state index in [9.17, 15) is 4.79 Å². The maximum Gasteiger partial charge on any atom is 0.220 e. The molecule has 0 radical (unpaired) electrons. The van der Waals surface area contributed by atoms with Gasteiger partial charge in [-0.3, -0.25) is 4.79 Å². The Morgan fingerprint density at radius 2 is 2.24 bits per heavy atom. The third kappa shape index (κ3) is 4.31. The lowest BCUT2D eigenvalue weighted by Crippen LogP contribution is -2.40. The number of amides is 1. The smallest absolute Gasteiger partial charge is 0.220 e. The van der Waals surface area contributed by atoms with Gasteiger partial charge in [0, 0.05) is 30.6 Å². The predicted octanol–water partition coefficient (Wildman–Crippen LogP) is 1.61. The Morgan fingerprint density at radius 3 is 3.00 bits per heavy atom. The van der Waals surface area contributed by atoms with Gasteiger partial charge in [0.05, 0.1) is 19.3 Å². The molecule has 21 heavy (non-hydrogen) atoms. The van der Waals surface area contributed by atoms with Crippen LogP contribution in [0.4, 0.5) is 0 Å². The number of hydrogen-bond donors (Lipinski definition) is 3. The van der Waals surface area contributed by atoms with Crippen molar-refractivity contribution in [1.29, 1.82) is 0 Å². The number of hydrogen-bond acceptors (Lipinski definition) is 3. The van der Waals surface area contributed by atoms with E-state index < -0.39 is 0 Å². The molecule has 1 amide bonds. The monoisotopic (exact) mass is 290 g/mol. The van der Waals surface area contributed by atoms with E-state index >= 15 is 0 Å². The van der Waals surface area contributed by atoms with Crippen molar-refractivity contribution < 1.29 is 14.6 Å². The largest absolute Gasteiger partial charge is 0.394 e. The lowest BCUT2D eigenvalue weighted by Gasteiger charge is -2.14. The van der Waals surface area contributed by atoms with E-state index in [1.54, 1.807) is 7.11 Å². The zero-order valence-corrected chi connectivity index (χ0v) is 12.3. The Labute approximate surface area is 124 Å². The van der Waals surface area contributed by atoms with Gasteiger partial charge in [-0.15, -0.1) is 0 Å². The van der Waals surface area contributed by atoms with Gasteiger partial charge in [-0.2, -0.15) is 0 Å². The maximum atomic E-state index is 11.8. The van der Waals surface area contributed by atoms with Crippen LogP contribution in [0.25, 0.3) is 10.9 Å². The highest BCUT2D eigenvalue weighted by Crippen LogP contribution is 2.19. The van der Waals surface area contributed by atoms with Gasteiger partial charge in [0.2, 0.25) is 5.91 Å². The molecule has 1 heterocycles. The fraction of sp³-hybridized carbons (Fsp3) is 0.438. The first kappa shape index (κ1) is 15.5. The number of H-pyrrole nitrogens is 1. The molecule has 0 aliphatic carbocycles. The van der Waals surface area contributed by atoms with Crippen molar-refractivity contribution in [1.82, 2.24) is 10.3 Å². The van der Waals surface area contributed by atoms with E-state index in [0.717, 1.165) is 18.4 Å². The summed E-state index contributed by atoms with van der Waals surface area (Å²) in [5, 5.41) is 13.1. The SMILES string of the molecule is COCC(CO)NC(=O)CCCc1c[nH]c2ccccc12. The molecule has 0 aliphatic heterocycles. The number of fused-ring (bicyclic) bond motifs is 1. The summed E-state index contributed by atoms with van der Waals surface area (Å²) in [7, 11) is 1.55. The number of aromatic nitrogens is 1. The molecule has 0 aliphatic rings. The molecule has 114 valence electrons. The number of carbonyl (C=O) groups is 1. The summed E-state index contributed by atoms with van der Waals surface area (Å²) in [5.74, 6) is -0.0501. The van der Waals surface area contributed by atoms with Gasteiger partial charge in [0.25, 0.3) is 0 Å². The summed E-state index contributed by atoms with van der Waals surface area (Å²) in [4.78, 5) is 15.0. The number of para-hydroxylation sites is 1. The van der Waals surface area contributed by atoms with Gasteiger partial charge < -0.3 is 20.1 Å². The summed E-state index contributed by atoms with van der Waals surface area (Å²) in [6.07, 6.45) is 4.08. The first-order chi connectivity index (χ1) is 10.2. The molecule has 5 heteroatoms. The fourth-order valence-electron chi connectivity index (χ4n) is 2.42. The molecule has 2 aromatic rings. The molecule has 0 bridgehead atoms. The van der Waals surface area contributed by atoms with Gasteiger partial charge in [0.1, 0.15) is 0 Å². The first-order valence-electron chi connectivity index (χ1n) is 7.18. The normalized spacial score (nSPS) is 12.5. The minimum atomic E-state index is -0.324. The fourth-order valence-corrected chi connectivity index (χ4v) is 2.42. The van der Waals surface area contributed by atoms with Crippen molar-refractivity contribution >= 4 is 16.8 Å². The van der Waals surface area contributed by atoms with Crippen LogP contribution in [-0.4, -0.2) is 42.4 Å². The number of carbonyl (C=O) groups excluding carboxylic acids is 1. The summed E-state index contributed by atoms with van der Waals surface area (Å²) in [5.41, 5.74) is 2.35. The Balaban J connectivity index is 1.80. The van der Waals surface area contributed by atoms with Crippen molar-refractivity contribution in [3.05, 3.63) is 36.0 Å². The van der Waals surface area contributed by atoms with Crippen LogP contribution in [0.15, 0.2) is 30.5 Å². The zero-order chi connectivity index (χ0) is 15.1. The molecular weight excluding hydrogens is 268 g/mol. The van der Waals surface area contributed by atoms with E-state index in [1.807, 2.05) is 24.4 Å². The minimum Gasteiger partial charge on any atom is -0.394 e. The van der Waals surface area contributed by atoms with Gasteiger partial charge >= 0.3 is 0 Å². The highest BCUT2D eigenvalue weighted by molar-refractivity contribution is 5.83. The summed E-state index contributed by atoms with van der Waals surface area (Å²) in [6, 6.07) is 7.82. The first-order valence-corrected chi connectivity index (χ1v) is 7.18. The van der Waals surface area contributed by atoms with E-state index in [1.165, 1.54) is 10.9 Å². The molecule has 0 spiro atoms. The lowest BCUT2D eigenvalue weighted by atomic mass is 10.1. The Kier molecular flexibility index (Phi) is 5.78. The van der Waals surface area contributed by atoms with Crippen LogP contribution in [0.5, 0.6) is 0 Å². The number of rotatable bonds is 8. The lowest BCUT2D eigenvalue weighted by molar-refractivity contribution is -0.122. The van der Waals surface area contributed by atoms with Gasteiger partial charge in [0.15, 0.2) is 0 Å². The standard InChI is InChI=1S/C16H22N2O3/c1-21-11-13(10-19)18-16(20)8-4-5-12-9-17-15-7-3-2-6-14(12)15/h2-3,6-7,9,13,17,19H,4-5,8,10-11H2,1H3,(H,18,20). The number of aliphatic hydroxyl groups is 1. The molecule has 0 saturated heterocycles. The number of aliphatic hydroxyl groups excluding tert-OH is 1. The van der Waals surface area contributed by atoms with E-state index in [4.69, 9.17) is 9.84 Å². The number of benzene rings is 1. The number of aryl methyl sites for hydroxylation is 1. The minimum absolute atomic E-state index is 0.0501. The van der Waals surface area contributed by atoms with Crippen molar-refractivity contribution in [2.75, 3.05) is 20.3 Å². The average molecular weight is 290 g/mol. The van der Waals surface area contributed by atoms with Gasteiger partial charge in [-0.1, -0.05) is 18.2 Å². The molecule has 2 rings (SSSR count). The molecule has 1 aromatic heterocycles. The summed E-state index contributed by atoms with van der Waals surface area (Å²) < 4.78 is 4.93. The van der Waals surface area contributed by atoms with Crippen LogP contribution in [0.2, 0.25) is 0 Å². The van der Waals surface area contributed by atoms with Crippen molar-refractivity contribution in [2.45, 2.75) is 25.3 Å². The van der Waals surface area contributed by atoms with Crippen LogP contribution in [-0.2, 0) is 16.0 Å². The quantitative estimate of drug-likeness (QED) is 0.691. The second kappa shape index (κ2) is 7.81. The van der Waals surface area contributed by atoms with Crippen molar-refractivity contribution in [3.63, 3.8) is 0 Å². The highest BCUT2D eigenvalue weighted by atomic mass is 16.5. The van der Waals surface area contributed by atoms with E-state index in [0.29, 0.717) is 13.0 Å². The van der Waals surface area contributed by atoms with E-state index in [2.05, 4.69) is 16.4 Å². The number of ether oxygens (including phenoxy) is 1. The molecule has 1 aromatic carbocycles. The van der Waals surface area contributed by atoms with Crippen LogP contribution < -0.4 is 5.32 Å². The molecule has 1 unspecified atom stereocenters. The van der Waals surface area contributed by atoms with E-state index in [-0.39, 0.29) is 18.6 Å². The predicted molar refractivity (Wildman–Crippen MR) is 82.1 cm³/mol. The molecule has 0 saturated carbocycles. The van der Waals surface area contributed by atoms with Crippen molar-refractivity contribution in [3.8, 4) is 0 Å². The topological polar surface area (TPSA) is 74.3 Å². The maximum absolute atomic E-state index is 11.8.